The maximum absolute atomic E-state index is 13.8. The average molecular weight is 464 g/mol. The Morgan fingerprint density at radius 1 is 1.19 bits per heavy atom. The predicted molar refractivity (Wildman–Crippen MR) is 122 cm³/mol. The van der Waals surface area contributed by atoms with Gasteiger partial charge in [0.15, 0.2) is 6.20 Å². The molecule has 1 aromatic heterocycles. The van der Waals surface area contributed by atoms with Crippen LogP contribution in [0.4, 0.5) is 8.78 Å². The number of aromatic amines is 1. The van der Waals surface area contributed by atoms with Crippen molar-refractivity contribution in [3.8, 4) is 11.1 Å². The van der Waals surface area contributed by atoms with E-state index < -0.39 is 5.92 Å². The van der Waals surface area contributed by atoms with E-state index in [2.05, 4.69) is 9.88 Å². The van der Waals surface area contributed by atoms with Crippen molar-refractivity contribution >= 4 is 17.5 Å². The molecule has 0 radical (unpaired) electrons. The normalized spacial score (nSPS) is 24.6. The number of carbonyl (C=O) groups excluding carboxylic acids is 1. The number of benzene rings is 1. The zero-order valence-electron chi connectivity index (χ0n) is 19.1. The summed E-state index contributed by atoms with van der Waals surface area (Å²) in [7, 11) is 2.02. The summed E-state index contributed by atoms with van der Waals surface area (Å²) >= 11 is 6.31. The van der Waals surface area contributed by atoms with E-state index in [0.29, 0.717) is 32.4 Å². The summed E-state index contributed by atoms with van der Waals surface area (Å²) in [5.74, 6) is -2.87. The number of rotatable bonds is 4. The van der Waals surface area contributed by atoms with Crippen LogP contribution in [0.25, 0.3) is 11.1 Å². The lowest BCUT2D eigenvalue weighted by Gasteiger charge is -2.40. The molecule has 2 aliphatic rings. The average Bonchev–Trinajstić information content (AvgIpc) is 3.28. The Balaban J connectivity index is 1.54. The Morgan fingerprint density at radius 2 is 1.84 bits per heavy atom. The third kappa shape index (κ3) is 4.59. The van der Waals surface area contributed by atoms with Crippen LogP contribution in [-0.4, -0.2) is 54.6 Å². The summed E-state index contributed by atoms with van der Waals surface area (Å²) in [4.78, 5) is 19.2. The number of quaternary nitrogens is 1. The predicted octanol–water partition coefficient (Wildman–Crippen LogP) is 5.09. The molecule has 2 saturated heterocycles. The monoisotopic (exact) mass is 463 g/mol. The number of piperidine rings is 1. The molecule has 4 nitrogen and oxygen atoms in total. The van der Waals surface area contributed by atoms with Crippen molar-refractivity contribution in [3.05, 3.63) is 52.3 Å². The molecule has 0 bridgehead atoms. The molecule has 3 heterocycles. The van der Waals surface area contributed by atoms with Crippen LogP contribution < -0.4 is 4.98 Å². The topological polar surface area (TPSA) is 34.5 Å². The Bertz CT molecular complexity index is 1010. The van der Waals surface area contributed by atoms with Gasteiger partial charge >= 0.3 is 11.6 Å². The van der Waals surface area contributed by atoms with Crippen molar-refractivity contribution in [1.29, 1.82) is 0 Å². The molecule has 2 aromatic rings. The van der Waals surface area contributed by atoms with E-state index in [-0.39, 0.29) is 11.5 Å². The molecule has 4 rings (SSSR count). The highest BCUT2D eigenvalue weighted by Crippen LogP contribution is 2.35. The van der Waals surface area contributed by atoms with Crippen LogP contribution >= 0.6 is 11.6 Å². The van der Waals surface area contributed by atoms with Crippen molar-refractivity contribution in [2.75, 3.05) is 33.2 Å². The van der Waals surface area contributed by atoms with Gasteiger partial charge in [0.1, 0.15) is 0 Å². The Kier molecular flexibility index (Phi) is 6.40. The van der Waals surface area contributed by atoms with Gasteiger partial charge in [0.05, 0.1) is 20.1 Å². The van der Waals surface area contributed by atoms with Crippen LogP contribution in [0.1, 0.15) is 54.2 Å². The number of nitrogens with one attached hydrogen (secondary N) is 1. The fourth-order valence-corrected chi connectivity index (χ4v) is 5.31. The van der Waals surface area contributed by atoms with Gasteiger partial charge in [-0.1, -0.05) is 17.7 Å². The lowest BCUT2D eigenvalue weighted by Crippen LogP contribution is -2.58. The lowest BCUT2D eigenvalue weighted by molar-refractivity contribution is -0.836. The zero-order chi connectivity index (χ0) is 23.1. The summed E-state index contributed by atoms with van der Waals surface area (Å²) < 4.78 is 28.0. The molecule has 1 N–H and O–H groups in total. The number of hydrogen-bond acceptors (Lipinski definition) is 2. The second kappa shape index (κ2) is 8.81. The Labute approximate surface area is 193 Å². The maximum Gasteiger partial charge on any atom is 0.410 e. The number of H-pyrrole nitrogens is 1. The molecule has 0 unspecified atom stereocenters. The molecule has 172 valence electrons. The van der Waals surface area contributed by atoms with Crippen LogP contribution in [0, 0.1) is 6.92 Å². The van der Waals surface area contributed by atoms with Crippen LogP contribution in [0.3, 0.4) is 0 Å². The number of alkyl halides is 2. The smallest absolute Gasteiger partial charge is 0.300 e. The Hall–Kier alpha value is -1.89. The molecule has 1 aromatic carbocycles. The van der Waals surface area contributed by atoms with E-state index in [0.717, 1.165) is 38.4 Å². The van der Waals surface area contributed by atoms with E-state index >= 15 is 0 Å². The standard InChI is InChI=1S/C25H31ClF2N3O/c1-17-14-18(21-15-19(25(2,27)28)6-7-22(21)26)16-29-23(17)24(32)31(3)12-8-20(9-13-31)30-10-4-5-11-30/h6-7,14-16,20H,4-5,8-13H2,1-3H3/q+1/p+1. The quantitative estimate of drug-likeness (QED) is 0.592. The van der Waals surface area contributed by atoms with E-state index in [4.69, 9.17) is 11.6 Å². The highest BCUT2D eigenvalue weighted by molar-refractivity contribution is 6.33. The maximum atomic E-state index is 13.8. The summed E-state index contributed by atoms with van der Waals surface area (Å²) in [5, 5.41) is 0.396. The fourth-order valence-electron chi connectivity index (χ4n) is 5.09. The molecule has 0 aliphatic carbocycles. The highest BCUT2D eigenvalue weighted by Gasteiger charge is 2.43. The molecular weight excluding hydrogens is 432 g/mol. The van der Waals surface area contributed by atoms with Gasteiger partial charge in [-0.2, -0.15) is 0 Å². The molecule has 7 heteroatoms. The van der Waals surface area contributed by atoms with Crippen molar-refractivity contribution in [3.63, 3.8) is 0 Å². The number of nitrogens with zero attached hydrogens (tertiary/aromatic N) is 2. The zero-order valence-corrected chi connectivity index (χ0v) is 19.8. The van der Waals surface area contributed by atoms with E-state index in [1.807, 2.05) is 20.0 Å². The molecule has 2 aliphatic heterocycles. The van der Waals surface area contributed by atoms with Crippen LogP contribution in [0.15, 0.2) is 30.5 Å². The molecular formula is C25H32ClF2N3O+2. The molecule has 32 heavy (non-hydrogen) atoms. The second-order valence-electron chi connectivity index (χ2n) is 9.65. The van der Waals surface area contributed by atoms with Gasteiger partial charge < -0.3 is 0 Å². The first-order valence-electron chi connectivity index (χ1n) is 11.4. The van der Waals surface area contributed by atoms with Crippen molar-refractivity contribution in [1.82, 2.24) is 4.90 Å². The van der Waals surface area contributed by atoms with Gasteiger partial charge in [0, 0.05) is 53.1 Å². The number of aryl methyl sites for hydroxylation is 1. The van der Waals surface area contributed by atoms with Crippen molar-refractivity contribution in [2.45, 2.75) is 51.5 Å². The van der Waals surface area contributed by atoms with Crippen LogP contribution in [0.2, 0.25) is 5.02 Å². The number of halogens is 3. The number of pyridine rings is 1. The minimum atomic E-state index is -2.95. The summed E-state index contributed by atoms with van der Waals surface area (Å²) in [6.07, 6.45) is 6.33. The van der Waals surface area contributed by atoms with Gasteiger partial charge in [-0.05, 0) is 51.1 Å². The summed E-state index contributed by atoms with van der Waals surface area (Å²) in [6, 6.07) is 6.70. The number of carbonyl (C=O) groups is 1. The Morgan fingerprint density at radius 3 is 2.44 bits per heavy atom. The van der Waals surface area contributed by atoms with Crippen LogP contribution in [-0.2, 0) is 5.92 Å². The first kappa shape index (κ1) is 23.3. The first-order chi connectivity index (χ1) is 15.1. The molecule has 0 spiro atoms. The number of likely N-dealkylation sites (tertiary alicyclic amines) is 2. The highest BCUT2D eigenvalue weighted by atomic mass is 35.5. The fraction of sp³-hybridized carbons (Fsp3) is 0.520. The number of aromatic nitrogens is 1. The molecule has 2 fully saturated rings. The minimum absolute atomic E-state index is 0.0776. The van der Waals surface area contributed by atoms with Crippen molar-refractivity contribution < 1.29 is 23.0 Å². The summed E-state index contributed by atoms with van der Waals surface area (Å²) in [5.41, 5.74) is 2.48. The van der Waals surface area contributed by atoms with Gasteiger partial charge in [0.25, 0.3) is 5.92 Å². The molecule has 1 amide bonds. The lowest BCUT2D eigenvalue weighted by atomic mass is 9.98. The first-order valence-corrected chi connectivity index (χ1v) is 11.8. The molecule has 0 atom stereocenters. The van der Waals surface area contributed by atoms with E-state index in [1.54, 1.807) is 6.20 Å². The van der Waals surface area contributed by atoms with Gasteiger partial charge in [0.2, 0.25) is 0 Å². The van der Waals surface area contributed by atoms with E-state index in [1.165, 1.54) is 44.1 Å². The van der Waals surface area contributed by atoms with Gasteiger partial charge in [-0.25, -0.2) is 18.6 Å². The number of hydrogen-bond donors (Lipinski definition) is 0. The number of amides is 1. The van der Waals surface area contributed by atoms with Crippen molar-refractivity contribution in [2.24, 2.45) is 0 Å². The second-order valence-corrected chi connectivity index (χ2v) is 10.1. The van der Waals surface area contributed by atoms with Gasteiger partial charge in [-0.3, -0.25) is 9.38 Å². The van der Waals surface area contributed by atoms with E-state index in [9.17, 15) is 13.6 Å². The largest absolute Gasteiger partial charge is 0.410 e. The summed E-state index contributed by atoms with van der Waals surface area (Å²) in [6.45, 7) is 6.77. The third-order valence-corrected chi connectivity index (χ3v) is 7.53. The van der Waals surface area contributed by atoms with Gasteiger partial charge in [-0.15, -0.1) is 0 Å². The minimum Gasteiger partial charge on any atom is -0.300 e. The SMILES string of the molecule is Cc1cc(-c2cc(C(C)(F)F)ccc2Cl)c[nH+]c1C(=O)[N+]1(C)CCC(N2CCCC2)CC1. The third-order valence-electron chi connectivity index (χ3n) is 7.20. The molecule has 0 saturated carbocycles. The van der Waals surface area contributed by atoms with Crippen LogP contribution in [0.5, 0.6) is 0 Å².